The van der Waals surface area contributed by atoms with E-state index in [2.05, 4.69) is 0 Å². The van der Waals surface area contributed by atoms with Crippen LogP contribution in [0.25, 0.3) is 0 Å². The van der Waals surface area contributed by atoms with Gasteiger partial charge in [0.25, 0.3) is 9.05 Å². The third-order valence-electron chi connectivity index (χ3n) is 2.14. The first-order valence-electron chi connectivity index (χ1n) is 5.50. The fraction of sp³-hybridized carbons (Fsp3) is 0.455. The van der Waals surface area contributed by atoms with Crippen molar-refractivity contribution in [2.75, 3.05) is 19.8 Å². The van der Waals surface area contributed by atoms with Crippen molar-refractivity contribution in [1.29, 1.82) is 0 Å². The molecule has 0 aliphatic carbocycles. The average molecular weight is 315 g/mol. The molecule has 0 amide bonds. The zero-order valence-corrected chi connectivity index (χ0v) is 11.7. The number of halogens is 3. The number of ether oxygens (including phenoxy) is 2. The summed E-state index contributed by atoms with van der Waals surface area (Å²) in [5.41, 5.74) is 0. The molecule has 19 heavy (non-hydrogen) atoms. The van der Waals surface area contributed by atoms with Crippen LogP contribution < -0.4 is 4.74 Å². The SMILES string of the molecule is CCOCCCOc1c(F)cc(S(=O)(=O)Cl)cc1F. The molecule has 0 atom stereocenters. The van der Waals surface area contributed by atoms with Gasteiger partial charge in [0.2, 0.25) is 0 Å². The molecule has 0 N–H and O–H groups in total. The van der Waals surface area contributed by atoms with Crippen molar-refractivity contribution >= 4 is 19.7 Å². The van der Waals surface area contributed by atoms with Gasteiger partial charge >= 0.3 is 0 Å². The monoisotopic (exact) mass is 314 g/mol. The third-order valence-corrected chi connectivity index (χ3v) is 3.47. The van der Waals surface area contributed by atoms with Gasteiger partial charge in [-0.15, -0.1) is 0 Å². The first-order chi connectivity index (χ1) is 8.86. The van der Waals surface area contributed by atoms with Crippen LogP contribution in [-0.4, -0.2) is 28.2 Å². The lowest BCUT2D eigenvalue weighted by molar-refractivity contribution is 0.129. The van der Waals surface area contributed by atoms with Gasteiger partial charge in [-0.05, 0) is 19.1 Å². The molecule has 0 bridgehead atoms. The molecule has 0 aromatic heterocycles. The van der Waals surface area contributed by atoms with Gasteiger partial charge in [0.15, 0.2) is 17.4 Å². The lowest BCUT2D eigenvalue weighted by Crippen LogP contribution is -2.06. The Hall–Kier alpha value is -0.920. The highest BCUT2D eigenvalue weighted by atomic mass is 35.7. The molecule has 0 aliphatic heterocycles. The maximum atomic E-state index is 13.5. The van der Waals surface area contributed by atoms with Crippen molar-refractivity contribution in [2.24, 2.45) is 0 Å². The quantitative estimate of drug-likeness (QED) is 0.573. The maximum Gasteiger partial charge on any atom is 0.261 e. The topological polar surface area (TPSA) is 52.6 Å². The average Bonchev–Trinajstić information content (AvgIpc) is 2.30. The molecule has 0 radical (unpaired) electrons. The van der Waals surface area contributed by atoms with Crippen molar-refractivity contribution in [3.63, 3.8) is 0 Å². The molecule has 1 aromatic carbocycles. The molecule has 0 saturated carbocycles. The lowest BCUT2D eigenvalue weighted by Gasteiger charge is -2.09. The summed E-state index contributed by atoms with van der Waals surface area (Å²) in [6.07, 6.45) is 0.461. The van der Waals surface area contributed by atoms with Crippen LogP contribution in [0.2, 0.25) is 0 Å². The summed E-state index contributed by atoms with van der Waals surface area (Å²) >= 11 is 0. The minimum atomic E-state index is -4.18. The van der Waals surface area contributed by atoms with Crippen LogP contribution in [0.3, 0.4) is 0 Å². The van der Waals surface area contributed by atoms with E-state index >= 15 is 0 Å². The Morgan fingerprint density at radius 3 is 2.26 bits per heavy atom. The van der Waals surface area contributed by atoms with Crippen LogP contribution in [0.1, 0.15) is 13.3 Å². The van der Waals surface area contributed by atoms with Gasteiger partial charge < -0.3 is 9.47 Å². The minimum Gasteiger partial charge on any atom is -0.488 e. The summed E-state index contributed by atoms with van der Waals surface area (Å²) in [7, 11) is 0.818. The van der Waals surface area contributed by atoms with Gasteiger partial charge in [0.05, 0.1) is 11.5 Å². The Balaban J connectivity index is 2.75. The number of benzene rings is 1. The van der Waals surface area contributed by atoms with Gasteiger partial charge in [-0.25, -0.2) is 17.2 Å². The normalized spacial score (nSPS) is 11.6. The zero-order valence-electron chi connectivity index (χ0n) is 10.2. The Morgan fingerprint density at radius 2 is 1.79 bits per heavy atom. The van der Waals surface area contributed by atoms with Gasteiger partial charge in [0, 0.05) is 30.3 Å². The molecule has 1 rings (SSSR count). The van der Waals surface area contributed by atoms with E-state index in [1.807, 2.05) is 6.92 Å². The van der Waals surface area contributed by atoms with Crippen LogP contribution >= 0.6 is 10.7 Å². The highest BCUT2D eigenvalue weighted by Gasteiger charge is 2.18. The Morgan fingerprint density at radius 1 is 1.21 bits per heavy atom. The van der Waals surface area contributed by atoms with Crippen molar-refractivity contribution in [1.82, 2.24) is 0 Å². The fourth-order valence-electron chi connectivity index (χ4n) is 1.29. The molecule has 0 saturated heterocycles. The van der Waals surface area contributed by atoms with Crippen LogP contribution in [0, 0.1) is 11.6 Å². The molecule has 0 aliphatic rings. The summed E-state index contributed by atoms with van der Waals surface area (Å²) < 4.78 is 58.9. The summed E-state index contributed by atoms with van der Waals surface area (Å²) in [5.74, 6) is -2.85. The number of hydrogen-bond acceptors (Lipinski definition) is 4. The first-order valence-corrected chi connectivity index (χ1v) is 7.81. The molecule has 8 heteroatoms. The number of hydrogen-bond donors (Lipinski definition) is 0. The fourth-order valence-corrected chi connectivity index (χ4v) is 2.05. The van der Waals surface area contributed by atoms with E-state index in [-0.39, 0.29) is 6.61 Å². The van der Waals surface area contributed by atoms with E-state index in [0.29, 0.717) is 31.8 Å². The third kappa shape index (κ3) is 4.93. The molecule has 0 heterocycles. The van der Waals surface area contributed by atoms with Crippen molar-refractivity contribution in [3.05, 3.63) is 23.8 Å². The minimum absolute atomic E-state index is 0.0564. The molecule has 0 fully saturated rings. The summed E-state index contributed by atoms with van der Waals surface area (Å²) in [6.45, 7) is 2.84. The summed E-state index contributed by atoms with van der Waals surface area (Å²) in [4.78, 5) is -0.647. The second kappa shape index (κ2) is 7.02. The van der Waals surface area contributed by atoms with Crippen molar-refractivity contribution in [2.45, 2.75) is 18.2 Å². The predicted octanol–water partition coefficient (Wildman–Crippen LogP) is 2.70. The maximum absolute atomic E-state index is 13.5. The Kier molecular flexibility index (Phi) is 5.96. The summed E-state index contributed by atoms with van der Waals surface area (Å²) in [6, 6.07) is 1.23. The smallest absolute Gasteiger partial charge is 0.261 e. The largest absolute Gasteiger partial charge is 0.488 e. The van der Waals surface area contributed by atoms with Crippen molar-refractivity contribution in [3.8, 4) is 5.75 Å². The lowest BCUT2D eigenvalue weighted by atomic mass is 10.3. The molecule has 4 nitrogen and oxygen atoms in total. The van der Waals surface area contributed by atoms with Crippen LogP contribution in [0.5, 0.6) is 5.75 Å². The Bertz CT molecular complexity index is 510. The van der Waals surface area contributed by atoms with Gasteiger partial charge in [0.1, 0.15) is 0 Å². The highest BCUT2D eigenvalue weighted by Crippen LogP contribution is 2.27. The van der Waals surface area contributed by atoms with Gasteiger partial charge in [-0.2, -0.15) is 0 Å². The van der Waals surface area contributed by atoms with Crippen molar-refractivity contribution < 1.29 is 26.7 Å². The predicted molar refractivity (Wildman–Crippen MR) is 66.0 cm³/mol. The molecule has 1 aromatic rings. The van der Waals surface area contributed by atoms with E-state index < -0.39 is 31.3 Å². The second-order valence-corrected chi connectivity index (χ2v) is 6.12. The number of rotatable bonds is 7. The van der Waals surface area contributed by atoms with E-state index in [1.54, 1.807) is 0 Å². The van der Waals surface area contributed by atoms with E-state index in [0.717, 1.165) is 0 Å². The standard InChI is InChI=1S/C11H13ClF2O4S/c1-2-17-4-3-5-18-11-9(13)6-8(7-10(11)14)19(12,15)16/h6-7H,2-5H2,1H3. The van der Waals surface area contributed by atoms with Gasteiger partial charge in [-0.1, -0.05) is 0 Å². The van der Waals surface area contributed by atoms with Gasteiger partial charge in [-0.3, -0.25) is 0 Å². The molecular formula is C11H13ClF2O4S. The first kappa shape index (κ1) is 16.1. The van der Waals surface area contributed by atoms with Crippen LogP contribution in [0.15, 0.2) is 17.0 Å². The molecule has 0 unspecified atom stereocenters. The Labute approximate surface area is 114 Å². The van der Waals surface area contributed by atoms with E-state index in [9.17, 15) is 17.2 Å². The molecule has 108 valence electrons. The molecule has 0 spiro atoms. The highest BCUT2D eigenvalue weighted by molar-refractivity contribution is 8.13. The van der Waals surface area contributed by atoms with Crippen LogP contribution in [0.4, 0.5) is 8.78 Å². The van der Waals surface area contributed by atoms with E-state index in [1.165, 1.54) is 0 Å². The van der Waals surface area contributed by atoms with E-state index in [4.69, 9.17) is 20.2 Å². The molecular weight excluding hydrogens is 302 g/mol. The van der Waals surface area contributed by atoms with Crippen LogP contribution in [-0.2, 0) is 13.8 Å². The summed E-state index contributed by atoms with van der Waals surface area (Å²) in [5, 5.41) is 0. The second-order valence-electron chi connectivity index (χ2n) is 3.55. The zero-order chi connectivity index (χ0) is 14.5.